The highest BCUT2D eigenvalue weighted by Crippen LogP contribution is 2.30. The number of aromatic nitrogens is 1. The van der Waals surface area contributed by atoms with Crippen molar-refractivity contribution in [2.75, 3.05) is 32.5 Å². The Bertz CT molecular complexity index is 1160. The summed E-state index contributed by atoms with van der Waals surface area (Å²) in [6, 6.07) is 16.3. The molecule has 2 aromatic carbocycles. The number of halogens is 1. The van der Waals surface area contributed by atoms with Gasteiger partial charge in [-0.15, -0.1) is 0 Å². The van der Waals surface area contributed by atoms with Crippen molar-refractivity contribution in [3.8, 4) is 11.3 Å². The van der Waals surface area contributed by atoms with Gasteiger partial charge in [-0.25, -0.2) is 14.2 Å². The highest BCUT2D eigenvalue weighted by molar-refractivity contribution is 5.91. The van der Waals surface area contributed by atoms with E-state index in [1.165, 1.54) is 42.0 Å². The Labute approximate surface area is 190 Å². The standard InChI is InChI=1S/C24H24FN5O3/c1-28(2)13-16-3-5-17(6-4-16)19-14-29(15-19)24(31)27-23-22(30(32)33)12-11-21(26-23)18-7-9-20(25)10-8-18/h3-12,19H,13-15H2,1-2H3,(H,26,27,31). The highest BCUT2D eigenvalue weighted by Gasteiger charge is 2.33. The highest BCUT2D eigenvalue weighted by atomic mass is 19.1. The minimum absolute atomic E-state index is 0.136. The third-order valence-electron chi connectivity index (χ3n) is 5.55. The zero-order valence-corrected chi connectivity index (χ0v) is 18.4. The maximum atomic E-state index is 13.2. The number of nitrogens with zero attached hydrogens (tertiary/aromatic N) is 4. The molecular formula is C24H24FN5O3. The normalized spacial score (nSPS) is 13.6. The Hall–Kier alpha value is -3.85. The van der Waals surface area contributed by atoms with Gasteiger partial charge in [0.05, 0.1) is 10.6 Å². The first-order valence-electron chi connectivity index (χ1n) is 10.5. The number of carbonyl (C=O) groups excluding carboxylic acids is 1. The number of amides is 2. The van der Waals surface area contributed by atoms with Crippen LogP contribution in [-0.2, 0) is 6.54 Å². The Balaban J connectivity index is 1.43. The molecule has 8 nitrogen and oxygen atoms in total. The van der Waals surface area contributed by atoms with Gasteiger partial charge >= 0.3 is 11.7 Å². The first-order valence-corrected chi connectivity index (χ1v) is 10.5. The zero-order chi connectivity index (χ0) is 23.5. The van der Waals surface area contributed by atoms with Gasteiger partial charge in [0.1, 0.15) is 5.82 Å². The van der Waals surface area contributed by atoms with Gasteiger partial charge in [-0.2, -0.15) is 0 Å². The molecule has 0 unspecified atom stereocenters. The summed E-state index contributed by atoms with van der Waals surface area (Å²) in [4.78, 5) is 31.5. The van der Waals surface area contributed by atoms with Crippen LogP contribution in [0, 0.1) is 15.9 Å². The van der Waals surface area contributed by atoms with Gasteiger partial charge in [0.2, 0.25) is 5.82 Å². The van der Waals surface area contributed by atoms with Crippen molar-refractivity contribution < 1.29 is 14.1 Å². The van der Waals surface area contributed by atoms with Crippen LogP contribution < -0.4 is 5.32 Å². The summed E-state index contributed by atoms with van der Waals surface area (Å²) in [6.07, 6.45) is 0. The lowest BCUT2D eigenvalue weighted by molar-refractivity contribution is -0.384. The Morgan fingerprint density at radius 1 is 1.12 bits per heavy atom. The molecule has 1 N–H and O–H groups in total. The van der Waals surface area contributed by atoms with Crippen LogP contribution in [0.25, 0.3) is 11.3 Å². The van der Waals surface area contributed by atoms with Gasteiger partial charge in [0.25, 0.3) is 0 Å². The van der Waals surface area contributed by atoms with Crippen LogP contribution >= 0.6 is 0 Å². The van der Waals surface area contributed by atoms with E-state index < -0.39 is 16.8 Å². The average molecular weight is 449 g/mol. The van der Waals surface area contributed by atoms with Crippen molar-refractivity contribution in [3.63, 3.8) is 0 Å². The summed E-state index contributed by atoms with van der Waals surface area (Å²) < 4.78 is 13.2. The summed E-state index contributed by atoms with van der Waals surface area (Å²) in [6.45, 7) is 1.90. The predicted molar refractivity (Wildman–Crippen MR) is 123 cm³/mol. The first kappa shape index (κ1) is 22.3. The van der Waals surface area contributed by atoms with Crippen LogP contribution in [0.5, 0.6) is 0 Å². The quantitative estimate of drug-likeness (QED) is 0.442. The first-order chi connectivity index (χ1) is 15.8. The number of pyridine rings is 1. The number of hydrogen-bond acceptors (Lipinski definition) is 5. The monoisotopic (exact) mass is 449 g/mol. The molecule has 1 aliphatic rings. The number of rotatable bonds is 6. The molecule has 4 rings (SSSR count). The zero-order valence-electron chi connectivity index (χ0n) is 18.4. The topological polar surface area (TPSA) is 91.6 Å². The number of benzene rings is 2. The van der Waals surface area contributed by atoms with E-state index in [0.717, 1.165) is 12.1 Å². The van der Waals surface area contributed by atoms with E-state index in [0.29, 0.717) is 24.3 Å². The van der Waals surface area contributed by atoms with Crippen molar-refractivity contribution in [2.45, 2.75) is 12.5 Å². The van der Waals surface area contributed by atoms with E-state index in [9.17, 15) is 19.3 Å². The van der Waals surface area contributed by atoms with Gasteiger partial charge < -0.3 is 9.80 Å². The summed E-state index contributed by atoms with van der Waals surface area (Å²) in [7, 11) is 4.04. The second-order valence-corrected chi connectivity index (χ2v) is 8.34. The molecular weight excluding hydrogens is 425 g/mol. The van der Waals surface area contributed by atoms with E-state index >= 15 is 0 Å². The molecule has 0 spiro atoms. The van der Waals surface area contributed by atoms with Crippen molar-refractivity contribution in [3.05, 3.63) is 87.7 Å². The lowest BCUT2D eigenvalue weighted by atomic mass is 9.91. The second-order valence-electron chi connectivity index (χ2n) is 8.34. The molecule has 1 aromatic heterocycles. The minimum atomic E-state index is -0.592. The molecule has 2 amide bonds. The molecule has 1 saturated heterocycles. The summed E-state index contributed by atoms with van der Waals surface area (Å²) >= 11 is 0. The van der Waals surface area contributed by atoms with Crippen LogP contribution in [-0.4, -0.2) is 52.9 Å². The summed E-state index contributed by atoms with van der Waals surface area (Å²) in [5.74, 6) is -0.310. The summed E-state index contributed by atoms with van der Waals surface area (Å²) in [5.41, 5.74) is 3.06. The third kappa shape index (κ3) is 5.15. The molecule has 33 heavy (non-hydrogen) atoms. The van der Waals surface area contributed by atoms with Crippen molar-refractivity contribution in [1.29, 1.82) is 0 Å². The fraction of sp³-hybridized carbons (Fsp3) is 0.250. The van der Waals surface area contributed by atoms with Crippen molar-refractivity contribution in [2.24, 2.45) is 0 Å². The van der Waals surface area contributed by atoms with Gasteiger partial charge in [0, 0.05) is 37.2 Å². The molecule has 0 radical (unpaired) electrons. The lowest BCUT2D eigenvalue weighted by Crippen LogP contribution is -2.50. The fourth-order valence-corrected chi connectivity index (χ4v) is 3.77. The number of urea groups is 1. The SMILES string of the molecule is CN(C)Cc1ccc(C2CN(C(=O)Nc3nc(-c4ccc(F)cc4)ccc3[N+](=O)[O-])C2)cc1. The van der Waals surface area contributed by atoms with E-state index in [4.69, 9.17) is 0 Å². The Morgan fingerprint density at radius 3 is 2.39 bits per heavy atom. The number of likely N-dealkylation sites (tertiary alicyclic amines) is 1. The molecule has 3 aromatic rings. The van der Waals surface area contributed by atoms with Crippen LogP contribution in [0.1, 0.15) is 17.0 Å². The van der Waals surface area contributed by atoms with Gasteiger partial charge in [-0.3, -0.25) is 15.4 Å². The van der Waals surface area contributed by atoms with E-state index in [2.05, 4.69) is 39.5 Å². The van der Waals surface area contributed by atoms with E-state index in [1.807, 2.05) is 14.1 Å². The molecule has 9 heteroatoms. The average Bonchev–Trinajstić information content (AvgIpc) is 2.74. The largest absolute Gasteiger partial charge is 0.323 e. The Kier molecular flexibility index (Phi) is 6.32. The fourth-order valence-electron chi connectivity index (χ4n) is 3.77. The molecule has 0 aliphatic carbocycles. The number of anilines is 1. The van der Waals surface area contributed by atoms with Crippen molar-refractivity contribution >= 4 is 17.5 Å². The smallest absolute Gasteiger partial charge is 0.323 e. The number of hydrogen-bond donors (Lipinski definition) is 1. The summed E-state index contributed by atoms with van der Waals surface area (Å²) in [5, 5.41) is 14.0. The molecule has 170 valence electrons. The van der Waals surface area contributed by atoms with Crippen LogP contribution in [0.4, 0.5) is 20.7 Å². The van der Waals surface area contributed by atoms with E-state index in [-0.39, 0.29) is 17.4 Å². The molecule has 0 bridgehead atoms. The maximum Gasteiger partial charge on any atom is 0.323 e. The molecule has 1 fully saturated rings. The maximum absolute atomic E-state index is 13.2. The predicted octanol–water partition coefficient (Wildman–Crippen LogP) is 4.49. The van der Waals surface area contributed by atoms with Gasteiger partial charge in [-0.1, -0.05) is 24.3 Å². The minimum Gasteiger partial charge on any atom is -0.323 e. The van der Waals surface area contributed by atoms with Crippen LogP contribution in [0.3, 0.4) is 0 Å². The van der Waals surface area contributed by atoms with Gasteiger partial charge in [-0.05, 0) is 55.6 Å². The lowest BCUT2D eigenvalue weighted by Gasteiger charge is -2.39. The molecule has 2 heterocycles. The van der Waals surface area contributed by atoms with E-state index in [1.54, 1.807) is 4.90 Å². The van der Waals surface area contributed by atoms with Crippen LogP contribution in [0.15, 0.2) is 60.7 Å². The number of nitro groups is 1. The molecule has 0 saturated carbocycles. The molecule has 0 atom stereocenters. The molecule has 1 aliphatic heterocycles. The third-order valence-corrected chi connectivity index (χ3v) is 5.55. The van der Waals surface area contributed by atoms with Crippen molar-refractivity contribution in [1.82, 2.24) is 14.8 Å². The number of carbonyl (C=O) groups is 1. The van der Waals surface area contributed by atoms with Crippen LogP contribution in [0.2, 0.25) is 0 Å². The Morgan fingerprint density at radius 2 is 1.79 bits per heavy atom. The second kappa shape index (κ2) is 9.33. The number of nitrogens with one attached hydrogen (secondary N) is 1. The van der Waals surface area contributed by atoms with Gasteiger partial charge in [0.15, 0.2) is 0 Å².